The third-order valence-corrected chi connectivity index (χ3v) is 3.29. The number of hydrogen-bond donors (Lipinski definition) is 1. The number of nitrogens with one attached hydrogen (secondary N) is 1. The van der Waals surface area contributed by atoms with Gasteiger partial charge < -0.3 is 14.8 Å². The summed E-state index contributed by atoms with van der Waals surface area (Å²) in [5, 5.41) is 4.41. The Balaban J connectivity index is 2.67. The van der Waals surface area contributed by atoms with E-state index in [2.05, 4.69) is 10.3 Å². The van der Waals surface area contributed by atoms with E-state index < -0.39 is 5.97 Å². The van der Waals surface area contributed by atoms with Gasteiger partial charge in [0.1, 0.15) is 11.3 Å². The van der Waals surface area contributed by atoms with Crippen molar-refractivity contribution < 1.29 is 14.3 Å². The smallest absolute Gasteiger partial charge is 0.341 e. The minimum absolute atomic E-state index is 0.311. The zero-order valence-electron chi connectivity index (χ0n) is 12.2. The first kappa shape index (κ1) is 15.4. The van der Waals surface area contributed by atoms with E-state index in [-0.39, 0.29) is 0 Å². The molecule has 0 aliphatic carbocycles. The van der Waals surface area contributed by atoms with Crippen LogP contribution in [0.4, 0.5) is 5.69 Å². The molecule has 0 unspecified atom stereocenters. The molecule has 0 aliphatic heterocycles. The molecule has 1 aromatic heterocycles. The molecule has 112 valence electrons. The number of fused-ring (bicyclic) bond motifs is 1. The highest BCUT2D eigenvalue weighted by Gasteiger charge is 2.17. The Hall–Kier alpha value is -2.01. The predicted molar refractivity (Wildman–Crippen MR) is 83.4 cm³/mol. The van der Waals surface area contributed by atoms with Gasteiger partial charge >= 0.3 is 5.97 Å². The Labute approximate surface area is 128 Å². The van der Waals surface area contributed by atoms with E-state index in [1.54, 1.807) is 26.2 Å². The second-order valence-electron chi connectivity index (χ2n) is 4.30. The third-order valence-electron chi connectivity index (χ3n) is 2.99. The van der Waals surface area contributed by atoms with Gasteiger partial charge in [-0.25, -0.2) is 4.79 Å². The SMILES string of the molecule is CCNc1c(C(=O)OCC)cnc2cc(OC)c(Cl)cc12. The number of benzene rings is 1. The number of aromatic nitrogens is 1. The summed E-state index contributed by atoms with van der Waals surface area (Å²) in [6.07, 6.45) is 1.51. The van der Waals surface area contributed by atoms with Crippen molar-refractivity contribution in [2.75, 3.05) is 25.6 Å². The van der Waals surface area contributed by atoms with Crippen LogP contribution in [0.1, 0.15) is 24.2 Å². The van der Waals surface area contributed by atoms with E-state index in [4.69, 9.17) is 21.1 Å². The number of anilines is 1. The van der Waals surface area contributed by atoms with Crippen LogP contribution in [-0.4, -0.2) is 31.2 Å². The first-order valence-corrected chi connectivity index (χ1v) is 7.07. The molecule has 0 saturated heterocycles. The maximum atomic E-state index is 12.0. The second kappa shape index (κ2) is 6.63. The quantitative estimate of drug-likeness (QED) is 0.857. The molecule has 0 saturated carbocycles. The largest absolute Gasteiger partial charge is 0.495 e. The lowest BCUT2D eigenvalue weighted by molar-refractivity contribution is 0.0527. The van der Waals surface area contributed by atoms with Crippen LogP contribution in [-0.2, 0) is 4.74 Å². The van der Waals surface area contributed by atoms with Crippen molar-refractivity contribution in [1.29, 1.82) is 0 Å². The van der Waals surface area contributed by atoms with Crippen molar-refractivity contribution in [2.24, 2.45) is 0 Å². The van der Waals surface area contributed by atoms with Crippen LogP contribution in [0.15, 0.2) is 18.3 Å². The zero-order valence-corrected chi connectivity index (χ0v) is 13.0. The van der Waals surface area contributed by atoms with Gasteiger partial charge in [-0.15, -0.1) is 0 Å². The summed E-state index contributed by atoms with van der Waals surface area (Å²) in [5.74, 6) is 0.137. The molecule has 0 bridgehead atoms. The Bertz CT molecular complexity index is 674. The maximum absolute atomic E-state index is 12.0. The van der Waals surface area contributed by atoms with Crippen LogP contribution in [0, 0.1) is 0 Å². The van der Waals surface area contributed by atoms with Gasteiger partial charge in [0, 0.05) is 24.2 Å². The van der Waals surface area contributed by atoms with E-state index in [1.807, 2.05) is 6.92 Å². The molecule has 6 heteroatoms. The first-order valence-electron chi connectivity index (χ1n) is 6.69. The molecule has 0 atom stereocenters. The monoisotopic (exact) mass is 308 g/mol. The molecule has 21 heavy (non-hydrogen) atoms. The zero-order chi connectivity index (χ0) is 15.4. The van der Waals surface area contributed by atoms with Crippen LogP contribution in [0.5, 0.6) is 5.75 Å². The number of esters is 1. The van der Waals surface area contributed by atoms with E-state index in [0.717, 1.165) is 5.39 Å². The summed E-state index contributed by atoms with van der Waals surface area (Å²) >= 11 is 6.17. The fourth-order valence-corrected chi connectivity index (χ4v) is 2.32. The van der Waals surface area contributed by atoms with Gasteiger partial charge in [-0.2, -0.15) is 0 Å². The van der Waals surface area contributed by atoms with E-state index >= 15 is 0 Å². The van der Waals surface area contributed by atoms with Gasteiger partial charge in [0.15, 0.2) is 0 Å². The Kier molecular flexibility index (Phi) is 4.85. The highest BCUT2D eigenvalue weighted by molar-refractivity contribution is 6.33. The molecular weight excluding hydrogens is 292 g/mol. The number of carbonyl (C=O) groups is 1. The average Bonchev–Trinajstić information content (AvgIpc) is 2.47. The molecule has 1 heterocycles. The average molecular weight is 309 g/mol. The standard InChI is InChI=1S/C15H17ClN2O3/c1-4-17-14-9-6-11(16)13(20-3)7-12(9)18-8-10(14)15(19)21-5-2/h6-8H,4-5H2,1-3H3,(H,17,18). The number of pyridine rings is 1. The molecule has 0 fully saturated rings. The Morgan fingerprint density at radius 2 is 2.14 bits per heavy atom. The van der Waals surface area contributed by atoms with Gasteiger partial charge in [0.2, 0.25) is 0 Å². The number of nitrogens with zero attached hydrogens (tertiary/aromatic N) is 1. The molecule has 0 aliphatic rings. The Morgan fingerprint density at radius 3 is 2.76 bits per heavy atom. The van der Waals surface area contributed by atoms with Crippen molar-refractivity contribution >= 4 is 34.2 Å². The van der Waals surface area contributed by atoms with E-state index in [0.29, 0.717) is 40.7 Å². The molecule has 2 aromatic rings. The summed E-state index contributed by atoms with van der Waals surface area (Å²) in [4.78, 5) is 16.3. The third kappa shape index (κ3) is 3.03. The van der Waals surface area contributed by atoms with E-state index in [9.17, 15) is 4.79 Å². The summed E-state index contributed by atoms with van der Waals surface area (Å²) in [6, 6.07) is 3.48. The van der Waals surface area contributed by atoms with Gasteiger partial charge in [-0.3, -0.25) is 4.98 Å². The lowest BCUT2D eigenvalue weighted by Crippen LogP contribution is -2.11. The lowest BCUT2D eigenvalue weighted by Gasteiger charge is -2.14. The highest BCUT2D eigenvalue weighted by atomic mass is 35.5. The van der Waals surface area contributed by atoms with Crippen molar-refractivity contribution in [3.63, 3.8) is 0 Å². The molecule has 1 aromatic carbocycles. The van der Waals surface area contributed by atoms with Crippen LogP contribution in [0.2, 0.25) is 5.02 Å². The summed E-state index contributed by atoms with van der Waals surface area (Å²) in [5.41, 5.74) is 1.76. The summed E-state index contributed by atoms with van der Waals surface area (Å²) in [7, 11) is 1.55. The first-order chi connectivity index (χ1) is 10.1. The summed E-state index contributed by atoms with van der Waals surface area (Å²) in [6.45, 7) is 4.69. The van der Waals surface area contributed by atoms with Gasteiger partial charge in [0.25, 0.3) is 0 Å². The van der Waals surface area contributed by atoms with Crippen molar-refractivity contribution in [1.82, 2.24) is 4.98 Å². The number of carbonyl (C=O) groups excluding carboxylic acids is 1. The molecule has 1 N–H and O–H groups in total. The van der Waals surface area contributed by atoms with E-state index in [1.165, 1.54) is 6.20 Å². The second-order valence-corrected chi connectivity index (χ2v) is 4.71. The van der Waals surface area contributed by atoms with Gasteiger partial charge in [-0.1, -0.05) is 11.6 Å². The maximum Gasteiger partial charge on any atom is 0.341 e. The molecule has 5 nitrogen and oxygen atoms in total. The van der Waals surface area contributed by atoms with Crippen LogP contribution < -0.4 is 10.1 Å². The minimum Gasteiger partial charge on any atom is -0.495 e. The number of halogens is 1. The minimum atomic E-state index is -0.408. The Morgan fingerprint density at radius 1 is 1.38 bits per heavy atom. The van der Waals surface area contributed by atoms with Crippen molar-refractivity contribution in [3.05, 3.63) is 28.9 Å². The van der Waals surface area contributed by atoms with Gasteiger partial charge in [-0.05, 0) is 19.9 Å². The number of ether oxygens (including phenoxy) is 2. The number of methoxy groups -OCH3 is 1. The van der Waals surface area contributed by atoms with Crippen molar-refractivity contribution in [2.45, 2.75) is 13.8 Å². The topological polar surface area (TPSA) is 60.5 Å². The molecular formula is C15H17ClN2O3. The van der Waals surface area contributed by atoms with Crippen LogP contribution in [0.25, 0.3) is 10.9 Å². The fraction of sp³-hybridized carbons (Fsp3) is 0.333. The lowest BCUT2D eigenvalue weighted by atomic mass is 10.1. The summed E-state index contributed by atoms with van der Waals surface area (Å²) < 4.78 is 10.2. The van der Waals surface area contributed by atoms with Crippen molar-refractivity contribution in [3.8, 4) is 5.75 Å². The van der Waals surface area contributed by atoms with Gasteiger partial charge in [0.05, 0.1) is 29.9 Å². The number of rotatable bonds is 5. The number of hydrogen-bond acceptors (Lipinski definition) is 5. The predicted octanol–water partition coefficient (Wildman–Crippen LogP) is 3.51. The molecule has 0 radical (unpaired) electrons. The normalized spacial score (nSPS) is 10.5. The van der Waals surface area contributed by atoms with Crippen LogP contribution >= 0.6 is 11.6 Å². The molecule has 0 spiro atoms. The highest BCUT2D eigenvalue weighted by Crippen LogP contribution is 2.34. The molecule has 2 rings (SSSR count). The van der Waals surface area contributed by atoms with Crippen LogP contribution in [0.3, 0.4) is 0 Å². The molecule has 0 amide bonds. The fourth-order valence-electron chi connectivity index (χ4n) is 2.08.